The van der Waals surface area contributed by atoms with Crippen LogP contribution in [0, 0.1) is 50.2 Å². The van der Waals surface area contributed by atoms with E-state index in [-0.39, 0.29) is 47.2 Å². The van der Waals surface area contributed by atoms with Crippen molar-refractivity contribution in [1.82, 2.24) is 0 Å². The molecule has 0 bridgehead atoms. The number of allylic oxidation sites excluding steroid dienone is 2. The molecule has 5 aliphatic heterocycles. The molecule has 14 N–H and O–H groups in total. The van der Waals surface area contributed by atoms with Crippen molar-refractivity contribution < 1.29 is 124 Å². The number of fused-ring (bicyclic) bond motifs is 7. The van der Waals surface area contributed by atoms with Crippen LogP contribution in [0.1, 0.15) is 120 Å². The predicted molar refractivity (Wildman–Crippen MR) is 282 cm³/mol. The van der Waals surface area contributed by atoms with Gasteiger partial charge in [0.2, 0.25) is 6.29 Å². The fourth-order valence-electron chi connectivity index (χ4n) is 17.2. The van der Waals surface area contributed by atoms with E-state index in [0.717, 1.165) is 12.8 Å². The molecule has 0 spiro atoms. The molecule has 0 amide bonds. The van der Waals surface area contributed by atoms with E-state index >= 15 is 4.79 Å². The van der Waals surface area contributed by atoms with Crippen LogP contribution in [-0.2, 0) is 52.2 Å². The molecule has 5 aliphatic carbocycles. The maximum atomic E-state index is 15.3. The number of rotatable bonds is 12. The molecule has 5 saturated heterocycles. The van der Waals surface area contributed by atoms with Crippen LogP contribution < -0.4 is 0 Å². The predicted octanol–water partition coefficient (Wildman–Crippen LogP) is -1.91. The zero-order valence-electron chi connectivity index (χ0n) is 48.8. The first kappa shape index (κ1) is 64.3. The van der Waals surface area contributed by atoms with Gasteiger partial charge in [-0.15, -0.1) is 0 Å². The van der Waals surface area contributed by atoms with Gasteiger partial charge in [0.25, 0.3) is 0 Å². The zero-order valence-corrected chi connectivity index (χ0v) is 48.8. The Labute approximate surface area is 483 Å². The Kier molecular flexibility index (Phi) is 18.3. The molecule has 0 unspecified atom stereocenters. The molecule has 32 atom stereocenters. The Bertz CT molecular complexity index is 2310. The standard InChI is InChI=1S/C58H94O25/c1-24-34(62)39(67)42(70)47(77-24)81-45-36(64)28(60)20-74-50(45)76-22-30-38(66)41(69)44(72)49(79-30)83-52(73)58-17-15-53(3,4)19-27(58)26-9-10-32-54(5)13-12-33(55(6,23-59)31(54)11-14-57(32,8)56(26,7)16-18-58)80-51-46(37(65)29(61)21-75-51)82-48-43(71)40(68)35(63)25(2)78-48/h9,24-25,27-51,59-72H,10-23H2,1-8H3/t24-,25-,27-,28+,29-,30+,31+,32+,33-,34-,35-,36-,37-,38+,39+,40+,41-,42+,43+,44+,45+,46+,47-,48-,49-,50-,51-,54-,55-,56+,57+,58-/m0/s1. The maximum Gasteiger partial charge on any atom is 0.315 e. The number of aliphatic hydroxyl groups is 14. The van der Waals surface area contributed by atoms with Gasteiger partial charge in [-0.1, -0.05) is 53.2 Å². The largest absolute Gasteiger partial charge is 0.432 e. The van der Waals surface area contributed by atoms with Gasteiger partial charge in [-0.2, -0.15) is 0 Å². The second-order valence-corrected chi connectivity index (χ2v) is 28.0. The molecule has 9 fully saturated rings. The molecule has 83 heavy (non-hydrogen) atoms. The van der Waals surface area contributed by atoms with Crippen molar-refractivity contribution >= 4 is 5.97 Å². The van der Waals surface area contributed by atoms with Crippen LogP contribution in [0.2, 0.25) is 0 Å². The molecule has 476 valence electrons. The molecule has 5 heterocycles. The van der Waals surface area contributed by atoms with Crippen LogP contribution in [-0.4, -0.2) is 251 Å². The van der Waals surface area contributed by atoms with Crippen molar-refractivity contribution in [3.05, 3.63) is 11.6 Å². The molecule has 0 aromatic carbocycles. The third-order valence-corrected chi connectivity index (χ3v) is 22.8. The highest BCUT2D eigenvalue weighted by molar-refractivity contribution is 5.79. The monoisotopic (exact) mass is 1190 g/mol. The molecule has 0 radical (unpaired) electrons. The van der Waals surface area contributed by atoms with Gasteiger partial charge in [0, 0.05) is 5.41 Å². The highest BCUT2D eigenvalue weighted by Gasteiger charge is 2.71. The van der Waals surface area contributed by atoms with Crippen molar-refractivity contribution in [2.24, 2.45) is 50.2 Å². The molecule has 25 heteroatoms. The summed E-state index contributed by atoms with van der Waals surface area (Å²) in [6.07, 6.45) is -27.1. The summed E-state index contributed by atoms with van der Waals surface area (Å²) >= 11 is 0. The van der Waals surface area contributed by atoms with Crippen molar-refractivity contribution in [2.45, 2.75) is 267 Å². The average molecular weight is 1190 g/mol. The van der Waals surface area contributed by atoms with Gasteiger partial charge in [-0.3, -0.25) is 4.79 Å². The summed E-state index contributed by atoms with van der Waals surface area (Å²) in [4.78, 5) is 15.3. The first-order valence-electron chi connectivity index (χ1n) is 30.0. The van der Waals surface area contributed by atoms with Crippen LogP contribution in [0.15, 0.2) is 11.6 Å². The summed E-state index contributed by atoms with van der Waals surface area (Å²) in [7, 11) is 0. The molecule has 10 rings (SSSR count). The van der Waals surface area contributed by atoms with Gasteiger partial charge >= 0.3 is 5.97 Å². The van der Waals surface area contributed by atoms with Gasteiger partial charge < -0.3 is 119 Å². The second kappa shape index (κ2) is 23.6. The van der Waals surface area contributed by atoms with Crippen LogP contribution in [0.25, 0.3) is 0 Å². The lowest BCUT2D eigenvalue weighted by Crippen LogP contribution is -2.67. The quantitative estimate of drug-likeness (QED) is 0.0576. The fraction of sp³-hybridized carbons (Fsp3) is 0.948. The topological polar surface area (TPSA) is 393 Å². The Hall–Kier alpha value is -1.71. The Balaban J connectivity index is 0.849. The molecule has 0 aromatic heterocycles. The third kappa shape index (κ3) is 10.8. The third-order valence-electron chi connectivity index (χ3n) is 22.8. The number of carbonyl (C=O) groups excluding carboxylic acids is 1. The van der Waals surface area contributed by atoms with E-state index in [0.29, 0.717) is 51.4 Å². The molecule has 0 aromatic rings. The fourth-order valence-corrected chi connectivity index (χ4v) is 17.2. The van der Waals surface area contributed by atoms with E-state index in [2.05, 4.69) is 40.7 Å². The van der Waals surface area contributed by atoms with E-state index < -0.39 is 183 Å². The van der Waals surface area contributed by atoms with Gasteiger partial charge in [0.05, 0.1) is 50.2 Å². The molecule has 4 saturated carbocycles. The molecule has 25 nitrogen and oxygen atoms in total. The van der Waals surface area contributed by atoms with Gasteiger partial charge in [-0.05, 0) is 117 Å². The van der Waals surface area contributed by atoms with Crippen LogP contribution in [0.5, 0.6) is 0 Å². The second-order valence-electron chi connectivity index (χ2n) is 28.0. The van der Waals surface area contributed by atoms with Gasteiger partial charge in [0.15, 0.2) is 25.2 Å². The number of ether oxygens (including phenoxy) is 10. The lowest BCUT2D eigenvalue weighted by Gasteiger charge is -2.71. The highest BCUT2D eigenvalue weighted by atomic mass is 16.8. The van der Waals surface area contributed by atoms with E-state index in [1.54, 1.807) is 0 Å². The summed E-state index contributed by atoms with van der Waals surface area (Å²) in [5, 5.41) is 152. The summed E-state index contributed by atoms with van der Waals surface area (Å²) in [5.74, 6) is -0.814. The summed E-state index contributed by atoms with van der Waals surface area (Å²) in [5.41, 5.74) is -1.86. The minimum Gasteiger partial charge on any atom is -0.432 e. The number of carbonyl (C=O) groups is 1. The number of esters is 1. The van der Waals surface area contributed by atoms with E-state index in [1.807, 2.05) is 6.92 Å². The minimum atomic E-state index is -1.87. The lowest BCUT2D eigenvalue weighted by molar-refractivity contribution is -0.365. The number of hydrogen-bond donors (Lipinski definition) is 14. The molecular weight excluding hydrogens is 1100 g/mol. The molecule has 10 aliphatic rings. The van der Waals surface area contributed by atoms with E-state index in [1.165, 1.54) is 19.4 Å². The van der Waals surface area contributed by atoms with E-state index in [4.69, 9.17) is 47.4 Å². The minimum absolute atomic E-state index is 0.0597. The van der Waals surface area contributed by atoms with E-state index in [9.17, 15) is 71.5 Å². The van der Waals surface area contributed by atoms with Crippen LogP contribution in [0.3, 0.4) is 0 Å². The van der Waals surface area contributed by atoms with Crippen molar-refractivity contribution in [3.63, 3.8) is 0 Å². The zero-order chi connectivity index (χ0) is 60.4. The average Bonchev–Trinajstić information content (AvgIpc) is 3.62. The van der Waals surface area contributed by atoms with Crippen molar-refractivity contribution in [2.75, 3.05) is 26.4 Å². The SMILES string of the molecule is C[C@@H]1O[C@@H](O[C@H]2[C@H](OC[C@H]3O[C@@H](OC(=O)[C@]45CCC(C)(C)C[C@H]4C4=CC[C@@H]6[C@@]7(C)CC[C@H](O[C@@H]8OC[C@H](O)[C@H](O)[C@H]8O[C@@H]8O[C@@H](C)[C@H](O)[C@@H](O)[C@H]8O)[C@@](C)(CO)[C@@H]7CC[C@@]6(C)[C@]4(C)CC5)[C@H](O)[C@@H](O)[C@@H]3O)OC[C@@H](O)[C@@H]2O)[C@H](O)[C@H](O)[C@H]1O. The highest BCUT2D eigenvalue weighted by Crippen LogP contribution is 2.76. The van der Waals surface area contributed by atoms with Gasteiger partial charge in [0.1, 0.15) is 97.7 Å². The number of aliphatic hydroxyl groups excluding tert-OH is 14. The summed E-state index contributed by atoms with van der Waals surface area (Å²) < 4.78 is 59.7. The summed E-state index contributed by atoms with van der Waals surface area (Å²) in [6.45, 7) is 14.9. The maximum absolute atomic E-state index is 15.3. The smallest absolute Gasteiger partial charge is 0.315 e. The van der Waals surface area contributed by atoms with Crippen molar-refractivity contribution in [3.8, 4) is 0 Å². The number of hydrogen-bond acceptors (Lipinski definition) is 25. The summed E-state index contributed by atoms with van der Waals surface area (Å²) in [6, 6.07) is 0. The normalized spacial score (nSPS) is 55.4. The van der Waals surface area contributed by atoms with Crippen LogP contribution >= 0.6 is 0 Å². The first-order chi connectivity index (χ1) is 38.9. The Morgan fingerprint density at radius 3 is 1.70 bits per heavy atom. The Morgan fingerprint density at radius 2 is 1.11 bits per heavy atom. The molecular formula is C58H94O25. The lowest BCUT2D eigenvalue weighted by atomic mass is 9.33. The van der Waals surface area contributed by atoms with Gasteiger partial charge in [-0.25, -0.2) is 0 Å². The Morgan fingerprint density at radius 1 is 0.566 bits per heavy atom. The van der Waals surface area contributed by atoms with Crippen molar-refractivity contribution in [1.29, 1.82) is 0 Å². The first-order valence-corrected chi connectivity index (χ1v) is 30.0. The van der Waals surface area contributed by atoms with Crippen LogP contribution in [0.4, 0.5) is 0 Å².